The van der Waals surface area contributed by atoms with Crippen LogP contribution < -0.4 is 10.0 Å². The Balaban J connectivity index is 1.45. The van der Waals surface area contributed by atoms with Crippen LogP contribution in [0.15, 0.2) is 41.3 Å². The summed E-state index contributed by atoms with van der Waals surface area (Å²) in [6.45, 7) is 0.272. The van der Waals surface area contributed by atoms with E-state index in [9.17, 15) is 18.0 Å². The Morgan fingerprint density at radius 3 is 2.37 bits per heavy atom. The van der Waals surface area contributed by atoms with Gasteiger partial charge in [0.25, 0.3) is 0 Å². The minimum absolute atomic E-state index is 0.0573. The number of nitrogens with one attached hydrogen (secondary N) is 2. The summed E-state index contributed by atoms with van der Waals surface area (Å²) in [6.07, 6.45) is 1.97. The number of benzene rings is 1. The monoisotopic (exact) mass is 426 g/mol. The zero-order valence-electron chi connectivity index (χ0n) is 14.4. The van der Waals surface area contributed by atoms with Gasteiger partial charge in [-0.05, 0) is 42.7 Å². The summed E-state index contributed by atoms with van der Waals surface area (Å²) in [6, 6.07) is 9.75. The highest BCUT2D eigenvalue weighted by molar-refractivity contribution is 7.89. The Labute approximate surface area is 167 Å². The summed E-state index contributed by atoms with van der Waals surface area (Å²) in [5.74, 6) is -0.349. The summed E-state index contributed by atoms with van der Waals surface area (Å²) in [7, 11) is -3.47. The molecule has 0 unspecified atom stereocenters. The van der Waals surface area contributed by atoms with Crippen molar-refractivity contribution in [1.29, 1.82) is 0 Å². The third-order valence-corrected chi connectivity index (χ3v) is 6.86. The number of hydrogen-bond donors (Lipinski definition) is 2. The van der Waals surface area contributed by atoms with Crippen molar-refractivity contribution in [3.8, 4) is 0 Å². The van der Waals surface area contributed by atoms with Crippen molar-refractivity contribution in [1.82, 2.24) is 10.0 Å². The van der Waals surface area contributed by atoms with Gasteiger partial charge in [-0.2, -0.15) is 0 Å². The number of carbonyl (C=O) groups excluding carboxylic acids is 2. The largest absolute Gasteiger partial charge is 0.352 e. The van der Waals surface area contributed by atoms with Crippen molar-refractivity contribution < 1.29 is 18.0 Å². The summed E-state index contributed by atoms with van der Waals surface area (Å²) in [5.41, 5.74) is 0.782. The van der Waals surface area contributed by atoms with Crippen LogP contribution >= 0.6 is 22.9 Å². The summed E-state index contributed by atoms with van der Waals surface area (Å²) < 4.78 is 27.4. The fourth-order valence-corrected chi connectivity index (χ4v) is 4.69. The van der Waals surface area contributed by atoms with Gasteiger partial charge in [0.2, 0.25) is 15.9 Å². The van der Waals surface area contributed by atoms with E-state index in [1.54, 1.807) is 24.3 Å². The average Bonchev–Trinajstić information content (AvgIpc) is 3.34. The molecule has 0 aliphatic heterocycles. The van der Waals surface area contributed by atoms with E-state index in [-0.39, 0.29) is 42.0 Å². The first-order valence-electron chi connectivity index (χ1n) is 8.50. The number of Topliss-reactive ketones (excluding diaryl/α,β-unsaturated/α-hetero) is 1. The highest BCUT2D eigenvalue weighted by Gasteiger charge is 2.27. The van der Waals surface area contributed by atoms with Crippen LogP contribution in [0.5, 0.6) is 0 Å². The number of thiophene rings is 1. The lowest BCUT2D eigenvalue weighted by molar-refractivity contribution is -0.121. The van der Waals surface area contributed by atoms with Crippen molar-refractivity contribution >= 4 is 44.7 Å². The fraction of sp³-hybridized carbons (Fsp3) is 0.333. The van der Waals surface area contributed by atoms with Crippen molar-refractivity contribution in [2.45, 2.75) is 43.2 Å². The number of hydrogen-bond acceptors (Lipinski definition) is 5. The zero-order valence-corrected chi connectivity index (χ0v) is 16.8. The molecule has 0 saturated heterocycles. The first kappa shape index (κ1) is 20.0. The van der Waals surface area contributed by atoms with E-state index in [1.807, 2.05) is 0 Å². The van der Waals surface area contributed by atoms with E-state index in [0.29, 0.717) is 9.21 Å². The number of amides is 1. The van der Waals surface area contributed by atoms with Crippen LogP contribution in [0.2, 0.25) is 4.34 Å². The molecule has 1 aromatic carbocycles. The molecule has 2 N–H and O–H groups in total. The van der Waals surface area contributed by atoms with Crippen LogP contribution in [0.1, 0.15) is 40.9 Å². The Hall–Kier alpha value is -1.74. The molecule has 1 aliphatic carbocycles. The number of rotatable bonds is 9. The fourth-order valence-electron chi connectivity index (χ4n) is 2.38. The van der Waals surface area contributed by atoms with E-state index in [0.717, 1.165) is 18.4 Å². The lowest BCUT2D eigenvalue weighted by atomic mass is 10.2. The molecule has 3 rings (SSSR count). The summed E-state index contributed by atoms with van der Waals surface area (Å²) >= 11 is 7.00. The van der Waals surface area contributed by atoms with E-state index in [2.05, 4.69) is 10.0 Å². The van der Waals surface area contributed by atoms with Crippen molar-refractivity contribution in [3.63, 3.8) is 0 Å². The van der Waals surface area contributed by atoms with Gasteiger partial charge in [0.1, 0.15) is 0 Å². The molecule has 6 nitrogen and oxygen atoms in total. The molecule has 1 saturated carbocycles. The maximum absolute atomic E-state index is 12.1. The van der Waals surface area contributed by atoms with E-state index >= 15 is 0 Å². The molecule has 1 heterocycles. The molecular weight excluding hydrogens is 408 g/mol. The first-order valence-corrected chi connectivity index (χ1v) is 11.2. The number of sulfonamides is 1. The molecule has 1 amide bonds. The third-order valence-electron chi connectivity index (χ3n) is 4.05. The van der Waals surface area contributed by atoms with Crippen molar-refractivity contribution in [2.24, 2.45) is 0 Å². The van der Waals surface area contributed by atoms with Crippen molar-refractivity contribution in [3.05, 3.63) is 51.2 Å². The van der Waals surface area contributed by atoms with Crippen molar-refractivity contribution in [2.75, 3.05) is 0 Å². The Kier molecular flexibility index (Phi) is 6.31. The van der Waals surface area contributed by atoms with Crippen LogP contribution in [0.3, 0.4) is 0 Å². The van der Waals surface area contributed by atoms with E-state index < -0.39 is 10.0 Å². The minimum atomic E-state index is -3.47. The van der Waals surface area contributed by atoms with E-state index in [1.165, 1.54) is 23.5 Å². The lowest BCUT2D eigenvalue weighted by Gasteiger charge is -2.08. The molecule has 27 heavy (non-hydrogen) atoms. The maximum Gasteiger partial charge on any atom is 0.240 e. The normalized spacial score (nSPS) is 14.1. The topological polar surface area (TPSA) is 92.3 Å². The molecule has 144 valence electrons. The van der Waals surface area contributed by atoms with Gasteiger partial charge in [0, 0.05) is 25.4 Å². The SMILES string of the molecule is O=C(CCC(=O)c1ccc(Cl)s1)NCc1ccc(S(=O)(=O)NC2CC2)cc1. The Morgan fingerprint density at radius 2 is 1.78 bits per heavy atom. The van der Waals surface area contributed by atoms with Gasteiger partial charge in [-0.15, -0.1) is 11.3 Å². The lowest BCUT2D eigenvalue weighted by Crippen LogP contribution is -2.26. The molecule has 0 atom stereocenters. The highest BCUT2D eigenvalue weighted by atomic mass is 35.5. The second kappa shape index (κ2) is 8.52. The van der Waals surface area contributed by atoms with Crippen LogP contribution in [-0.2, 0) is 21.4 Å². The second-order valence-corrected chi connectivity index (χ2v) is 9.77. The highest BCUT2D eigenvalue weighted by Crippen LogP contribution is 2.23. The summed E-state index contributed by atoms with van der Waals surface area (Å²) in [5, 5.41) is 2.73. The third kappa shape index (κ3) is 5.87. The van der Waals surface area contributed by atoms with Gasteiger partial charge in [0.15, 0.2) is 5.78 Å². The maximum atomic E-state index is 12.1. The summed E-state index contributed by atoms with van der Waals surface area (Å²) in [4.78, 5) is 24.6. The quantitative estimate of drug-likeness (QED) is 0.602. The molecule has 0 spiro atoms. The molecule has 1 aromatic heterocycles. The molecule has 0 bridgehead atoms. The first-order chi connectivity index (χ1) is 12.8. The Bertz CT molecular complexity index is 935. The molecule has 0 radical (unpaired) electrons. The molecular formula is C18H19ClN2O4S2. The Morgan fingerprint density at radius 1 is 1.07 bits per heavy atom. The van der Waals surface area contributed by atoms with Gasteiger partial charge in [-0.25, -0.2) is 13.1 Å². The molecule has 2 aromatic rings. The van der Waals surface area contributed by atoms with Crippen LogP contribution in [-0.4, -0.2) is 26.2 Å². The van der Waals surface area contributed by atoms with Gasteiger partial charge in [-0.1, -0.05) is 23.7 Å². The van der Waals surface area contributed by atoms with Gasteiger partial charge < -0.3 is 5.32 Å². The number of ketones is 1. The standard InChI is InChI=1S/C18H19ClN2O4S2/c19-17-9-8-16(26-17)15(22)7-10-18(23)20-11-12-1-5-14(6-2-12)27(24,25)21-13-3-4-13/h1-2,5-6,8-9,13,21H,3-4,7,10-11H2,(H,20,23). The van der Waals surface area contributed by atoms with E-state index in [4.69, 9.17) is 11.6 Å². The van der Waals surface area contributed by atoms with Gasteiger partial charge >= 0.3 is 0 Å². The van der Waals surface area contributed by atoms with Gasteiger partial charge in [0.05, 0.1) is 14.1 Å². The number of carbonyl (C=O) groups is 2. The van der Waals surface area contributed by atoms with Crippen LogP contribution in [0, 0.1) is 0 Å². The predicted octanol–water partition coefficient (Wildman–Crippen LogP) is 3.12. The van der Waals surface area contributed by atoms with Crippen LogP contribution in [0.4, 0.5) is 0 Å². The number of halogens is 1. The zero-order chi connectivity index (χ0) is 19.4. The average molecular weight is 427 g/mol. The molecule has 1 fully saturated rings. The molecule has 9 heteroatoms. The second-order valence-electron chi connectivity index (χ2n) is 6.34. The minimum Gasteiger partial charge on any atom is -0.352 e. The van der Waals surface area contributed by atoms with Gasteiger partial charge in [-0.3, -0.25) is 9.59 Å². The predicted molar refractivity (Wildman–Crippen MR) is 105 cm³/mol. The smallest absolute Gasteiger partial charge is 0.240 e. The molecule has 1 aliphatic rings. The van der Waals surface area contributed by atoms with Crippen LogP contribution in [0.25, 0.3) is 0 Å².